The fraction of sp³-hybridized carbons (Fsp3) is 0.900. The zero-order valence-electron chi connectivity index (χ0n) is 9.16. The molecule has 82 valence electrons. The lowest BCUT2D eigenvalue weighted by molar-refractivity contribution is -0.133. The summed E-state index contributed by atoms with van der Waals surface area (Å²) in [4.78, 5) is 13.6. The van der Waals surface area contributed by atoms with Crippen molar-refractivity contribution >= 4 is 5.91 Å². The van der Waals surface area contributed by atoms with E-state index in [4.69, 9.17) is 0 Å². The second kappa shape index (κ2) is 4.75. The number of hydrogen-bond acceptors (Lipinski definition) is 3. The summed E-state index contributed by atoms with van der Waals surface area (Å²) in [7, 11) is 1.80. The van der Waals surface area contributed by atoms with E-state index in [0.29, 0.717) is 5.92 Å². The summed E-state index contributed by atoms with van der Waals surface area (Å²) in [5, 5.41) is 12.2. The Labute approximate surface area is 85.3 Å². The Balaban J connectivity index is 2.65. The molecule has 0 saturated carbocycles. The Kier molecular flexibility index (Phi) is 3.89. The molecule has 0 aromatic heterocycles. The molecule has 0 bridgehead atoms. The largest absolute Gasteiger partial charge is 0.394 e. The van der Waals surface area contributed by atoms with Crippen LogP contribution in [0.1, 0.15) is 20.3 Å². The van der Waals surface area contributed by atoms with Crippen LogP contribution in [-0.2, 0) is 4.79 Å². The Morgan fingerprint density at radius 2 is 2.29 bits per heavy atom. The van der Waals surface area contributed by atoms with E-state index in [-0.39, 0.29) is 24.6 Å². The Morgan fingerprint density at radius 1 is 1.64 bits per heavy atom. The molecule has 1 rings (SSSR count). The molecule has 0 radical (unpaired) electrons. The van der Waals surface area contributed by atoms with E-state index in [0.717, 1.165) is 13.0 Å². The van der Waals surface area contributed by atoms with E-state index in [9.17, 15) is 9.90 Å². The van der Waals surface area contributed by atoms with Crippen molar-refractivity contribution in [3.63, 3.8) is 0 Å². The number of nitrogens with zero attached hydrogens (tertiary/aromatic N) is 1. The number of likely N-dealkylation sites (tertiary alicyclic amines) is 1. The van der Waals surface area contributed by atoms with Crippen LogP contribution >= 0.6 is 0 Å². The molecule has 4 nitrogen and oxygen atoms in total. The lowest BCUT2D eigenvalue weighted by Crippen LogP contribution is -2.45. The predicted molar refractivity (Wildman–Crippen MR) is 54.9 cm³/mol. The minimum absolute atomic E-state index is 0.0270. The van der Waals surface area contributed by atoms with Crippen LogP contribution < -0.4 is 5.32 Å². The summed E-state index contributed by atoms with van der Waals surface area (Å²) in [6.07, 6.45) is 0.846. The van der Waals surface area contributed by atoms with Gasteiger partial charge in [-0.25, -0.2) is 0 Å². The molecule has 0 aromatic rings. The molecule has 0 aromatic carbocycles. The van der Waals surface area contributed by atoms with Gasteiger partial charge in [-0.3, -0.25) is 4.79 Å². The highest BCUT2D eigenvalue weighted by atomic mass is 16.3. The number of hydrogen-bond donors (Lipinski definition) is 2. The number of carbonyl (C=O) groups is 1. The molecule has 1 aliphatic rings. The van der Waals surface area contributed by atoms with Gasteiger partial charge >= 0.3 is 0 Å². The van der Waals surface area contributed by atoms with E-state index in [1.807, 2.05) is 13.8 Å². The molecule has 1 aliphatic heterocycles. The number of amides is 1. The van der Waals surface area contributed by atoms with E-state index in [1.54, 1.807) is 11.9 Å². The summed E-state index contributed by atoms with van der Waals surface area (Å²) < 4.78 is 0. The SMILES string of the molecule is CNC1CCN([C@@H](CO)C(C)C)C1=O. The molecule has 1 fully saturated rings. The monoisotopic (exact) mass is 200 g/mol. The Hall–Kier alpha value is -0.610. The third-order valence-corrected chi connectivity index (χ3v) is 2.95. The first-order valence-corrected chi connectivity index (χ1v) is 5.20. The van der Waals surface area contributed by atoms with Crippen LogP contribution in [0.3, 0.4) is 0 Å². The van der Waals surface area contributed by atoms with Crippen LogP contribution in [0.5, 0.6) is 0 Å². The highest BCUT2D eigenvalue weighted by Crippen LogP contribution is 2.18. The van der Waals surface area contributed by atoms with Crippen molar-refractivity contribution in [2.24, 2.45) is 5.92 Å². The van der Waals surface area contributed by atoms with Gasteiger partial charge < -0.3 is 15.3 Å². The molecule has 1 heterocycles. The summed E-state index contributed by atoms with van der Waals surface area (Å²) in [5.41, 5.74) is 0. The molecule has 2 N–H and O–H groups in total. The average Bonchev–Trinajstić information content (AvgIpc) is 2.49. The third kappa shape index (κ3) is 2.07. The maximum atomic E-state index is 11.8. The maximum Gasteiger partial charge on any atom is 0.240 e. The van der Waals surface area contributed by atoms with Gasteiger partial charge in [-0.15, -0.1) is 0 Å². The quantitative estimate of drug-likeness (QED) is 0.662. The third-order valence-electron chi connectivity index (χ3n) is 2.95. The standard InChI is InChI=1S/C10H20N2O2/c1-7(2)9(6-13)12-5-4-8(11-3)10(12)14/h7-9,11,13H,4-6H2,1-3H3/t8?,9-/m0/s1. The van der Waals surface area contributed by atoms with Crippen molar-refractivity contribution in [1.29, 1.82) is 0 Å². The first-order valence-electron chi connectivity index (χ1n) is 5.20. The van der Waals surface area contributed by atoms with Crippen LogP contribution in [0.25, 0.3) is 0 Å². The number of rotatable bonds is 4. The van der Waals surface area contributed by atoms with Crippen LogP contribution in [0.4, 0.5) is 0 Å². The van der Waals surface area contributed by atoms with Crippen LogP contribution in [0, 0.1) is 5.92 Å². The minimum Gasteiger partial charge on any atom is -0.394 e. The van der Waals surface area contributed by atoms with Crippen LogP contribution in [0.2, 0.25) is 0 Å². The summed E-state index contributed by atoms with van der Waals surface area (Å²) in [6, 6.07) is -0.0800. The molecule has 1 unspecified atom stereocenters. The highest BCUT2D eigenvalue weighted by molar-refractivity contribution is 5.84. The summed E-state index contributed by atoms with van der Waals surface area (Å²) in [5.74, 6) is 0.430. The average molecular weight is 200 g/mol. The lowest BCUT2D eigenvalue weighted by atomic mass is 10.0. The van der Waals surface area contributed by atoms with Gasteiger partial charge in [0.1, 0.15) is 0 Å². The molecule has 2 atom stereocenters. The van der Waals surface area contributed by atoms with Crippen molar-refractivity contribution in [3.05, 3.63) is 0 Å². The van der Waals surface area contributed by atoms with E-state index in [2.05, 4.69) is 5.32 Å². The van der Waals surface area contributed by atoms with Gasteiger partial charge in [-0.1, -0.05) is 13.8 Å². The molecule has 0 aliphatic carbocycles. The van der Waals surface area contributed by atoms with Gasteiger partial charge in [0, 0.05) is 6.54 Å². The van der Waals surface area contributed by atoms with Crippen molar-refractivity contribution in [2.45, 2.75) is 32.4 Å². The van der Waals surface area contributed by atoms with Crippen molar-refractivity contribution < 1.29 is 9.90 Å². The second-order valence-corrected chi connectivity index (χ2v) is 4.16. The number of likely N-dealkylation sites (N-methyl/N-ethyl adjacent to an activating group) is 1. The van der Waals surface area contributed by atoms with E-state index >= 15 is 0 Å². The fourth-order valence-electron chi connectivity index (χ4n) is 1.97. The Morgan fingerprint density at radius 3 is 2.64 bits per heavy atom. The molecule has 1 amide bonds. The first kappa shape index (κ1) is 11.5. The van der Waals surface area contributed by atoms with Gasteiger partial charge in [-0.05, 0) is 19.4 Å². The zero-order valence-corrected chi connectivity index (χ0v) is 9.16. The van der Waals surface area contributed by atoms with Gasteiger partial charge in [0.25, 0.3) is 0 Å². The summed E-state index contributed by atoms with van der Waals surface area (Å²) >= 11 is 0. The normalized spacial score (nSPS) is 24.8. The van der Waals surface area contributed by atoms with E-state index in [1.165, 1.54) is 0 Å². The van der Waals surface area contributed by atoms with Gasteiger partial charge in [0.05, 0.1) is 18.7 Å². The lowest BCUT2D eigenvalue weighted by Gasteiger charge is -2.29. The Bertz CT molecular complexity index is 206. The predicted octanol–water partition coefficient (Wildman–Crippen LogP) is -0.176. The van der Waals surface area contributed by atoms with Crippen LogP contribution in [0.15, 0.2) is 0 Å². The van der Waals surface area contributed by atoms with Gasteiger partial charge in [0.2, 0.25) is 5.91 Å². The first-order chi connectivity index (χ1) is 6.61. The van der Waals surface area contributed by atoms with E-state index < -0.39 is 0 Å². The highest BCUT2D eigenvalue weighted by Gasteiger charge is 2.35. The van der Waals surface area contributed by atoms with Crippen LogP contribution in [-0.4, -0.2) is 48.2 Å². The topological polar surface area (TPSA) is 52.6 Å². The minimum atomic E-state index is -0.0530. The maximum absolute atomic E-state index is 11.8. The van der Waals surface area contributed by atoms with Crippen molar-refractivity contribution in [2.75, 3.05) is 20.2 Å². The zero-order chi connectivity index (χ0) is 10.7. The number of aliphatic hydroxyl groups excluding tert-OH is 1. The summed E-state index contributed by atoms with van der Waals surface area (Å²) in [6.45, 7) is 4.87. The molecular weight excluding hydrogens is 180 g/mol. The smallest absolute Gasteiger partial charge is 0.240 e. The molecule has 0 spiro atoms. The van der Waals surface area contributed by atoms with Gasteiger partial charge in [-0.2, -0.15) is 0 Å². The second-order valence-electron chi connectivity index (χ2n) is 4.16. The van der Waals surface area contributed by atoms with Crippen molar-refractivity contribution in [1.82, 2.24) is 10.2 Å². The number of carbonyl (C=O) groups excluding carboxylic acids is 1. The molecular formula is C10H20N2O2. The number of aliphatic hydroxyl groups is 1. The molecule has 4 heteroatoms. The number of nitrogens with one attached hydrogen (secondary N) is 1. The fourth-order valence-corrected chi connectivity index (χ4v) is 1.97. The molecule has 14 heavy (non-hydrogen) atoms. The van der Waals surface area contributed by atoms with Gasteiger partial charge in [0.15, 0.2) is 0 Å². The van der Waals surface area contributed by atoms with Crippen molar-refractivity contribution in [3.8, 4) is 0 Å². The molecule has 1 saturated heterocycles.